The Morgan fingerprint density at radius 2 is 2.07 bits per heavy atom. The predicted molar refractivity (Wildman–Crippen MR) is 64.3 cm³/mol. The van der Waals surface area contributed by atoms with Crippen LogP contribution in [0.25, 0.3) is 0 Å². The van der Waals surface area contributed by atoms with Gasteiger partial charge in [0.25, 0.3) is 0 Å². The van der Waals surface area contributed by atoms with E-state index in [1.807, 2.05) is 12.1 Å². The lowest BCUT2D eigenvalue weighted by Gasteiger charge is -2.10. The van der Waals surface area contributed by atoms with Crippen molar-refractivity contribution in [3.8, 4) is 0 Å². The maximum Gasteiger partial charge on any atom is 0.191 e. The van der Waals surface area contributed by atoms with Gasteiger partial charge in [0.1, 0.15) is 0 Å². The van der Waals surface area contributed by atoms with Crippen LogP contribution < -0.4 is 6.15 Å². The number of benzene rings is 1. The summed E-state index contributed by atoms with van der Waals surface area (Å²) in [6.45, 7) is 4.23. The highest BCUT2D eigenvalue weighted by atomic mass is 32.1. The lowest BCUT2D eigenvalue weighted by atomic mass is 10.0. The molecule has 3 heteroatoms. The third-order valence-electron chi connectivity index (χ3n) is 2.17. The molecule has 0 saturated heterocycles. The van der Waals surface area contributed by atoms with E-state index in [1.54, 1.807) is 7.11 Å². The molecule has 0 aliphatic rings. The van der Waals surface area contributed by atoms with Crippen LogP contribution in [0.5, 0.6) is 0 Å². The summed E-state index contributed by atoms with van der Waals surface area (Å²) in [5.41, 5.74) is 3.62. The van der Waals surface area contributed by atoms with Gasteiger partial charge in [-0.1, -0.05) is 25.1 Å². The van der Waals surface area contributed by atoms with Gasteiger partial charge in [0.2, 0.25) is 0 Å². The average molecular weight is 211 g/mol. The molecule has 0 unspecified atom stereocenters. The molecule has 2 nitrogen and oxygen atoms in total. The first kappa shape index (κ1) is 13.1. The Kier molecular flexibility index (Phi) is 5.35. The minimum Gasteiger partial charge on any atom is -0.486 e. The maximum atomic E-state index is 5.11. The lowest BCUT2D eigenvalue weighted by Crippen LogP contribution is -2.05. The first-order chi connectivity index (χ1) is 6.20. The molecule has 78 valence electrons. The molecule has 1 aromatic rings. The standard InChI is InChI=1S/C11H14OS.H3N/c1-4-9-8(2)6-5-7-10(9)11(13)12-3;/h5-7H,4H2,1-3H3;1H3. The van der Waals surface area contributed by atoms with Crippen LogP contribution in [-0.2, 0) is 11.2 Å². The molecule has 0 heterocycles. The molecule has 0 atom stereocenters. The largest absolute Gasteiger partial charge is 0.486 e. The molecule has 3 N–H and O–H groups in total. The van der Waals surface area contributed by atoms with Crippen molar-refractivity contribution in [2.75, 3.05) is 7.11 Å². The van der Waals surface area contributed by atoms with E-state index in [4.69, 9.17) is 17.0 Å². The van der Waals surface area contributed by atoms with Gasteiger partial charge in [-0.3, -0.25) is 0 Å². The monoisotopic (exact) mass is 211 g/mol. The van der Waals surface area contributed by atoms with Crippen molar-refractivity contribution in [2.24, 2.45) is 0 Å². The number of methoxy groups -OCH3 is 1. The molecular formula is C11H17NOS. The van der Waals surface area contributed by atoms with E-state index < -0.39 is 0 Å². The van der Waals surface area contributed by atoms with Crippen LogP contribution in [0.4, 0.5) is 0 Å². The van der Waals surface area contributed by atoms with Crippen LogP contribution >= 0.6 is 12.2 Å². The van der Waals surface area contributed by atoms with Gasteiger partial charge in [0.05, 0.1) is 7.11 Å². The summed E-state index contributed by atoms with van der Waals surface area (Å²) in [6.07, 6.45) is 0.992. The van der Waals surface area contributed by atoms with E-state index in [2.05, 4.69) is 19.9 Å². The fourth-order valence-corrected chi connectivity index (χ4v) is 1.66. The highest BCUT2D eigenvalue weighted by Gasteiger charge is 2.07. The molecule has 0 saturated carbocycles. The third-order valence-corrected chi connectivity index (χ3v) is 2.56. The average Bonchev–Trinajstić information content (AvgIpc) is 2.16. The van der Waals surface area contributed by atoms with Crippen LogP contribution in [-0.4, -0.2) is 12.2 Å². The maximum absolute atomic E-state index is 5.11. The summed E-state index contributed by atoms with van der Waals surface area (Å²) in [5, 5.41) is 0.584. The highest BCUT2D eigenvalue weighted by molar-refractivity contribution is 7.80. The third kappa shape index (κ3) is 2.53. The Labute approximate surface area is 90.9 Å². The second-order valence-corrected chi connectivity index (χ2v) is 3.32. The Balaban J connectivity index is 0.00000169. The van der Waals surface area contributed by atoms with Crippen LogP contribution in [0, 0.1) is 6.92 Å². The Bertz CT molecular complexity index is 323. The molecule has 14 heavy (non-hydrogen) atoms. The van der Waals surface area contributed by atoms with Crippen LogP contribution in [0.15, 0.2) is 18.2 Å². The minimum absolute atomic E-state index is 0. The Hall–Kier alpha value is -0.930. The van der Waals surface area contributed by atoms with E-state index in [0.717, 1.165) is 12.0 Å². The Morgan fingerprint density at radius 1 is 1.43 bits per heavy atom. The van der Waals surface area contributed by atoms with Gasteiger partial charge in [0.15, 0.2) is 5.05 Å². The summed E-state index contributed by atoms with van der Waals surface area (Å²) in [6, 6.07) is 6.12. The van der Waals surface area contributed by atoms with E-state index in [-0.39, 0.29) is 6.15 Å². The van der Waals surface area contributed by atoms with Gasteiger partial charge in [-0.25, -0.2) is 0 Å². The first-order valence-electron chi connectivity index (χ1n) is 4.37. The second kappa shape index (κ2) is 5.73. The fraction of sp³-hybridized carbons (Fsp3) is 0.364. The van der Waals surface area contributed by atoms with Crippen molar-refractivity contribution >= 4 is 17.3 Å². The van der Waals surface area contributed by atoms with E-state index in [1.165, 1.54) is 11.1 Å². The zero-order chi connectivity index (χ0) is 9.84. The predicted octanol–water partition coefficient (Wildman–Crippen LogP) is 3.04. The molecule has 0 bridgehead atoms. The first-order valence-corrected chi connectivity index (χ1v) is 4.78. The van der Waals surface area contributed by atoms with Gasteiger partial charge >= 0.3 is 0 Å². The molecule has 0 fully saturated rings. The van der Waals surface area contributed by atoms with Crippen LogP contribution in [0.2, 0.25) is 0 Å². The van der Waals surface area contributed by atoms with Gasteiger partial charge in [-0.2, -0.15) is 0 Å². The number of hydrogen-bond acceptors (Lipinski definition) is 3. The number of ether oxygens (including phenoxy) is 1. The summed E-state index contributed by atoms with van der Waals surface area (Å²) >= 11 is 5.11. The van der Waals surface area contributed by atoms with Crippen molar-refractivity contribution in [3.05, 3.63) is 34.9 Å². The normalized spacial score (nSPS) is 9.07. The molecule has 0 aromatic heterocycles. The Morgan fingerprint density at radius 3 is 2.57 bits per heavy atom. The van der Waals surface area contributed by atoms with Crippen molar-refractivity contribution in [2.45, 2.75) is 20.3 Å². The lowest BCUT2D eigenvalue weighted by molar-refractivity contribution is 0.415. The molecule has 0 amide bonds. The summed E-state index contributed by atoms with van der Waals surface area (Å²) in [4.78, 5) is 0. The van der Waals surface area contributed by atoms with Crippen molar-refractivity contribution < 1.29 is 4.74 Å². The SMILES string of the molecule is CCc1c(C)cccc1C(=S)OC.N. The molecule has 0 radical (unpaired) electrons. The smallest absolute Gasteiger partial charge is 0.191 e. The summed E-state index contributed by atoms with van der Waals surface area (Å²) < 4.78 is 5.07. The van der Waals surface area contributed by atoms with Gasteiger partial charge < -0.3 is 10.9 Å². The molecule has 0 aliphatic carbocycles. The van der Waals surface area contributed by atoms with E-state index in [0.29, 0.717) is 5.05 Å². The van der Waals surface area contributed by atoms with Crippen LogP contribution in [0.1, 0.15) is 23.6 Å². The number of thiocarbonyl (C=S) groups is 1. The van der Waals surface area contributed by atoms with Gasteiger partial charge in [0, 0.05) is 5.56 Å². The second-order valence-electron chi connectivity index (χ2n) is 2.95. The number of rotatable bonds is 2. The summed E-state index contributed by atoms with van der Waals surface area (Å²) in [5.74, 6) is 0. The molecular weight excluding hydrogens is 194 g/mol. The number of aryl methyl sites for hydroxylation is 1. The van der Waals surface area contributed by atoms with Crippen molar-refractivity contribution in [1.82, 2.24) is 6.15 Å². The fourth-order valence-electron chi connectivity index (χ4n) is 1.47. The van der Waals surface area contributed by atoms with Crippen molar-refractivity contribution in [3.63, 3.8) is 0 Å². The van der Waals surface area contributed by atoms with Crippen molar-refractivity contribution in [1.29, 1.82) is 0 Å². The van der Waals surface area contributed by atoms with E-state index in [9.17, 15) is 0 Å². The topological polar surface area (TPSA) is 44.2 Å². The molecule has 0 aliphatic heterocycles. The molecule has 0 spiro atoms. The summed E-state index contributed by atoms with van der Waals surface area (Å²) in [7, 11) is 1.62. The zero-order valence-electron chi connectivity index (χ0n) is 8.96. The molecule has 1 aromatic carbocycles. The minimum atomic E-state index is 0. The van der Waals surface area contributed by atoms with Gasteiger partial charge in [-0.15, -0.1) is 0 Å². The molecule has 1 rings (SSSR count). The van der Waals surface area contributed by atoms with E-state index >= 15 is 0 Å². The number of hydrogen-bond donors (Lipinski definition) is 1. The highest BCUT2D eigenvalue weighted by Crippen LogP contribution is 2.16. The van der Waals surface area contributed by atoms with Gasteiger partial charge in [-0.05, 0) is 36.7 Å². The van der Waals surface area contributed by atoms with Crippen LogP contribution in [0.3, 0.4) is 0 Å². The quantitative estimate of drug-likeness (QED) is 0.765. The zero-order valence-corrected chi connectivity index (χ0v) is 9.78.